The molecule has 0 aromatic carbocycles. The van der Waals surface area contributed by atoms with Crippen molar-refractivity contribution in [2.24, 2.45) is 0 Å². The topological polar surface area (TPSA) is 26.3 Å². The molecule has 2 nitrogen and oxygen atoms in total. The summed E-state index contributed by atoms with van der Waals surface area (Å²) in [5.74, 6) is -0.0342. The highest BCUT2D eigenvalue weighted by atomic mass is 16.5. The van der Waals surface area contributed by atoms with Crippen molar-refractivity contribution in [2.75, 3.05) is 6.61 Å². The Labute approximate surface area is 143 Å². The van der Waals surface area contributed by atoms with Crippen molar-refractivity contribution >= 4 is 5.97 Å². The molecule has 0 saturated carbocycles. The van der Waals surface area contributed by atoms with Gasteiger partial charge in [0.05, 0.1) is 6.61 Å². The van der Waals surface area contributed by atoms with E-state index in [1.54, 1.807) is 0 Å². The predicted octanol–water partition coefficient (Wildman–Crippen LogP) is 6.53. The van der Waals surface area contributed by atoms with Gasteiger partial charge in [0.2, 0.25) is 0 Å². The van der Waals surface area contributed by atoms with Crippen LogP contribution < -0.4 is 0 Å². The Morgan fingerprint density at radius 1 is 0.783 bits per heavy atom. The Morgan fingerprint density at radius 3 is 2.09 bits per heavy atom. The Bertz CT molecular complexity index is 340. The fourth-order valence-corrected chi connectivity index (χ4v) is 2.18. The molecule has 0 saturated heterocycles. The Balaban J connectivity index is 3.28. The predicted molar refractivity (Wildman–Crippen MR) is 101 cm³/mol. The van der Waals surface area contributed by atoms with Gasteiger partial charge in [-0.15, -0.1) is 0 Å². The first-order chi connectivity index (χ1) is 11.3. The van der Waals surface area contributed by atoms with Gasteiger partial charge in [0, 0.05) is 6.42 Å². The molecule has 0 aliphatic heterocycles. The number of unbranched alkanes of at least 4 members (excludes halogenated alkanes) is 5. The van der Waals surface area contributed by atoms with Gasteiger partial charge in [0.1, 0.15) is 0 Å². The lowest BCUT2D eigenvalue weighted by Gasteiger charge is -2.02. The maximum Gasteiger partial charge on any atom is 0.305 e. The Kier molecular flexibility index (Phi) is 17.7. The molecule has 0 heterocycles. The second-order valence-electron chi connectivity index (χ2n) is 5.82. The van der Waals surface area contributed by atoms with E-state index < -0.39 is 0 Å². The van der Waals surface area contributed by atoms with E-state index in [0.29, 0.717) is 13.0 Å². The summed E-state index contributed by atoms with van der Waals surface area (Å²) in [5.41, 5.74) is 0. The molecule has 132 valence electrons. The van der Waals surface area contributed by atoms with E-state index in [4.69, 9.17) is 4.74 Å². The van der Waals surface area contributed by atoms with Crippen molar-refractivity contribution < 1.29 is 9.53 Å². The monoisotopic (exact) mass is 320 g/mol. The van der Waals surface area contributed by atoms with Gasteiger partial charge in [0.15, 0.2) is 0 Å². The van der Waals surface area contributed by atoms with E-state index in [1.165, 1.54) is 25.7 Å². The van der Waals surface area contributed by atoms with Gasteiger partial charge >= 0.3 is 5.97 Å². The van der Waals surface area contributed by atoms with Gasteiger partial charge in [0.25, 0.3) is 0 Å². The maximum atomic E-state index is 11.3. The fraction of sp³-hybridized carbons (Fsp3) is 0.667. The first kappa shape index (κ1) is 21.7. The van der Waals surface area contributed by atoms with Crippen molar-refractivity contribution in [1.82, 2.24) is 0 Å². The zero-order valence-corrected chi connectivity index (χ0v) is 15.3. The normalized spacial score (nSPS) is 11.9. The number of carbonyl (C=O) groups excluding carboxylic acids is 1. The van der Waals surface area contributed by atoms with Gasteiger partial charge in [-0.25, -0.2) is 0 Å². The Hall–Kier alpha value is -1.31. The highest BCUT2D eigenvalue weighted by Crippen LogP contribution is 2.08. The van der Waals surface area contributed by atoms with Crippen LogP contribution in [0.4, 0.5) is 0 Å². The van der Waals surface area contributed by atoms with E-state index >= 15 is 0 Å². The van der Waals surface area contributed by atoms with Crippen molar-refractivity contribution in [2.45, 2.75) is 84.5 Å². The molecular weight excluding hydrogens is 284 g/mol. The third-order valence-electron chi connectivity index (χ3n) is 3.50. The van der Waals surface area contributed by atoms with E-state index in [2.05, 4.69) is 43.4 Å². The molecule has 0 atom stereocenters. The highest BCUT2D eigenvalue weighted by molar-refractivity contribution is 5.69. The minimum absolute atomic E-state index is 0.0342. The van der Waals surface area contributed by atoms with Crippen LogP contribution in [-0.4, -0.2) is 12.6 Å². The smallest absolute Gasteiger partial charge is 0.305 e. The summed E-state index contributed by atoms with van der Waals surface area (Å²) in [5, 5.41) is 0. The van der Waals surface area contributed by atoms with Crippen LogP contribution >= 0.6 is 0 Å². The number of carbonyl (C=O) groups is 1. The van der Waals surface area contributed by atoms with E-state index in [0.717, 1.165) is 38.5 Å². The lowest BCUT2D eigenvalue weighted by molar-refractivity contribution is -0.143. The maximum absolute atomic E-state index is 11.3. The van der Waals surface area contributed by atoms with Crippen LogP contribution in [0, 0.1) is 0 Å². The molecule has 0 aliphatic carbocycles. The van der Waals surface area contributed by atoms with Crippen LogP contribution in [0.2, 0.25) is 0 Å². The Morgan fingerprint density at radius 2 is 1.39 bits per heavy atom. The van der Waals surface area contributed by atoms with Crippen molar-refractivity contribution in [3.05, 3.63) is 36.5 Å². The minimum atomic E-state index is -0.0342. The molecule has 23 heavy (non-hydrogen) atoms. The molecular formula is C21H36O2. The largest absolute Gasteiger partial charge is 0.466 e. The molecule has 0 aromatic heterocycles. The summed E-state index contributed by atoms with van der Waals surface area (Å²) in [6.07, 6.45) is 25.1. The van der Waals surface area contributed by atoms with Gasteiger partial charge in [-0.05, 0) is 44.9 Å². The number of rotatable bonds is 15. The average molecular weight is 321 g/mol. The second kappa shape index (κ2) is 18.7. The summed E-state index contributed by atoms with van der Waals surface area (Å²) < 4.78 is 5.05. The zero-order valence-electron chi connectivity index (χ0n) is 15.3. The van der Waals surface area contributed by atoms with Gasteiger partial charge in [-0.3, -0.25) is 4.79 Å². The number of hydrogen-bond acceptors (Lipinski definition) is 2. The number of ether oxygens (including phenoxy) is 1. The summed E-state index contributed by atoms with van der Waals surface area (Å²) in [6, 6.07) is 0. The van der Waals surface area contributed by atoms with Crippen LogP contribution in [0.3, 0.4) is 0 Å². The SMILES string of the molecule is CC/C=C\C/C=C\C/C=C\CCCCCCCC(=O)OCCC. The summed E-state index contributed by atoms with van der Waals surface area (Å²) in [4.78, 5) is 11.3. The molecule has 0 fully saturated rings. The molecule has 0 spiro atoms. The molecule has 0 unspecified atom stereocenters. The van der Waals surface area contributed by atoms with E-state index in [-0.39, 0.29) is 5.97 Å². The fourth-order valence-electron chi connectivity index (χ4n) is 2.18. The molecule has 0 N–H and O–H groups in total. The van der Waals surface area contributed by atoms with Crippen LogP contribution in [0.5, 0.6) is 0 Å². The number of allylic oxidation sites excluding steroid dienone is 6. The van der Waals surface area contributed by atoms with Crippen LogP contribution in [-0.2, 0) is 9.53 Å². The molecule has 0 bridgehead atoms. The van der Waals surface area contributed by atoms with Crippen molar-refractivity contribution in [1.29, 1.82) is 0 Å². The van der Waals surface area contributed by atoms with E-state index in [1.807, 2.05) is 6.92 Å². The third kappa shape index (κ3) is 18.6. The van der Waals surface area contributed by atoms with Gasteiger partial charge < -0.3 is 4.74 Å². The van der Waals surface area contributed by atoms with Gasteiger partial charge in [-0.2, -0.15) is 0 Å². The van der Waals surface area contributed by atoms with Crippen LogP contribution in [0.15, 0.2) is 36.5 Å². The molecule has 0 amide bonds. The highest BCUT2D eigenvalue weighted by Gasteiger charge is 2.00. The first-order valence-electron chi connectivity index (χ1n) is 9.41. The minimum Gasteiger partial charge on any atom is -0.466 e. The zero-order chi connectivity index (χ0) is 17.0. The van der Waals surface area contributed by atoms with Crippen molar-refractivity contribution in [3.63, 3.8) is 0 Å². The first-order valence-corrected chi connectivity index (χ1v) is 9.41. The summed E-state index contributed by atoms with van der Waals surface area (Å²) in [7, 11) is 0. The van der Waals surface area contributed by atoms with E-state index in [9.17, 15) is 4.79 Å². The molecule has 0 aliphatic rings. The quantitative estimate of drug-likeness (QED) is 0.195. The molecule has 2 heteroatoms. The number of hydrogen-bond donors (Lipinski definition) is 0. The summed E-state index contributed by atoms with van der Waals surface area (Å²) >= 11 is 0. The molecule has 0 rings (SSSR count). The lowest BCUT2D eigenvalue weighted by atomic mass is 10.1. The van der Waals surface area contributed by atoms with Gasteiger partial charge in [-0.1, -0.05) is 69.6 Å². The molecule has 0 aromatic rings. The molecule has 0 radical (unpaired) electrons. The third-order valence-corrected chi connectivity index (χ3v) is 3.50. The standard InChI is InChI=1S/C21H36O2/c1-3-5-6-7-8-9-10-11-12-13-14-15-16-17-18-19-21(22)23-20-4-2/h5-6,8-9,11-12H,3-4,7,10,13-20H2,1-2H3/b6-5-,9-8-,12-11-. The summed E-state index contributed by atoms with van der Waals surface area (Å²) in [6.45, 7) is 4.74. The average Bonchev–Trinajstić information content (AvgIpc) is 2.56. The number of esters is 1. The van der Waals surface area contributed by atoms with Crippen LogP contribution in [0.1, 0.15) is 84.5 Å². The second-order valence-corrected chi connectivity index (χ2v) is 5.82. The lowest BCUT2D eigenvalue weighted by Crippen LogP contribution is -2.04. The van der Waals surface area contributed by atoms with Crippen LogP contribution in [0.25, 0.3) is 0 Å². The van der Waals surface area contributed by atoms with Crippen molar-refractivity contribution in [3.8, 4) is 0 Å².